The predicted octanol–water partition coefficient (Wildman–Crippen LogP) is 3.04. The number of hydrogen-bond acceptors (Lipinski definition) is 7. The second kappa shape index (κ2) is 6.75. The largest absolute Gasteiger partial charge is 0.401 e. The van der Waals surface area contributed by atoms with E-state index >= 15 is 0 Å². The molecule has 0 amide bonds. The predicted molar refractivity (Wildman–Crippen MR) is 93.9 cm³/mol. The van der Waals surface area contributed by atoms with Gasteiger partial charge in [0, 0.05) is 12.6 Å². The molecule has 1 aliphatic heterocycles. The van der Waals surface area contributed by atoms with Gasteiger partial charge in [0.05, 0.1) is 36.1 Å². The van der Waals surface area contributed by atoms with E-state index < -0.39 is 30.3 Å². The molecule has 4 rings (SSSR count). The first-order chi connectivity index (χ1) is 14.1. The van der Waals surface area contributed by atoms with Crippen molar-refractivity contribution in [2.45, 2.75) is 24.9 Å². The van der Waals surface area contributed by atoms with E-state index in [1.807, 2.05) is 0 Å². The lowest BCUT2D eigenvalue weighted by molar-refractivity contribution is -0.181. The van der Waals surface area contributed by atoms with Crippen LogP contribution in [-0.2, 0) is 5.41 Å². The van der Waals surface area contributed by atoms with Crippen LogP contribution in [0.4, 0.5) is 33.3 Å². The first kappa shape index (κ1) is 19.7. The van der Waals surface area contributed by atoms with E-state index in [4.69, 9.17) is 5.26 Å². The number of nitrogens with zero attached hydrogens (tertiary/aromatic N) is 7. The van der Waals surface area contributed by atoms with Crippen LogP contribution in [0.25, 0.3) is 5.65 Å². The van der Waals surface area contributed by atoms with E-state index in [0.29, 0.717) is 0 Å². The molecule has 0 saturated heterocycles. The van der Waals surface area contributed by atoms with Gasteiger partial charge in [-0.3, -0.25) is 0 Å². The minimum atomic E-state index is -4.62. The zero-order valence-corrected chi connectivity index (χ0v) is 15.3. The SMILES string of the molecule is C[C@@]1(C(F)(F)F)CN(CNc2cnnc(C(F)F)c2)c2cnc3cc(C#N)nn3c21. The third kappa shape index (κ3) is 3.04. The third-order valence-corrected chi connectivity index (χ3v) is 4.95. The van der Waals surface area contributed by atoms with E-state index in [-0.39, 0.29) is 35.1 Å². The molecule has 0 bridgehead atoms. The average molecular weight is 424 g/mol. The van der Waals surface area contributed by atoms with Gasteiger partial charge in [-0.05, 0) is 13.0 Å². The zero-order valence-electron chi connectivity index (χ0n) is 15.3. The lowest BCUT2D eigenvalue weighted by Gasteiger charge is -2.28. The van der Waals surface area contributed by atoms with Gasteiger partial charge in [-0.15, -0.1) is 5.10 Å². The molecule has 8 nitrogen and oxygen atoms in total. The van der Waals surface area contributed by atoms with Gasteiger partial charge >= 0.3 is 6.18 Å². The molecular formula is C17H13F5N8. The van der Waals surface area contributed by atoms with Gasteiger partial charge in [0.1, 0.15) is 17.2 Å². The fourth-order valence-corrected chi connectivity index (χ4v) is 3.41. The molecule has 3 aromatic rings. The summed E-state index contributed by atoms with van der Waals surface area (Å²) in [4.78, 5) is 5.48. The van der Waals surface area contributed by atoms with Gasteiger partial charge in [-0.1, -0.05) is 0 Å². The topological polar surface area (TPSA) is 95.0 Å². The van der Waals surface area contributed by atoms with Gasteiger partial charge in [0.25, 0.3) is 6.43 Å². The van der Waals surface area contributed by atoms with Crippen LogP contribution in [0.15, 0.2) is 24.5 Å². The fraction of sp³-hybridized carbons (Fsp3) is 0.353. The van der Waals surface area contributed by atoms with E-state index in [2.05, 4.69) is 25.6 Å². The molecule has 4 heterocycles. The summed E-state index contributed by atoms with van der Waals surface area (Å²) in [6, 6.07) is 4.17. The van der Waals surface area contributed by atoms with Gasteiger partial charge in [-0.25, -0.2) is 18.3 Å². The van der Waals surface area contributed by atoms with Crippen LogP contribution in [0.2, 0.25) is 0 Å². The summed E-state index contributed by atoms with van der Waals surface area (Å²) in [7, 11) is 0. The van der Waals surface area contributed by atoms with E-state index in [0.717, 1.165) is 17.5 Å². The quantitative estimate of drug-likeness (QED) is 0.644. The Morgan fingerprint density at radius 3 is 2.73 bits per heavy atom. The maximum absolute atomic E-state index is 14.0. The summed E-state index contributed by atoms with van der Waals surface area (Å²) in [6.45, 7) is 0.454. The summed E-state index contributed by atoms with van der Waals surface area (Å²) in [6.07, 6.45) is -4.97. The lowest BCUT2D eigenvalue weighted by atomic mass is 9.88. The van der Waals surface area contributed by atoms with E-state index in [1.54, 1.807) is 6.07 Å². The maximum Gasteiger partial charge on any atom is 0.401 e. The maximum atomic E-state index is 14.0. The van der Waals surface area contributed by atoms with E-state index in [9.17, 15) is 22.0 Å². The van der Waals surface area contributed by atoms with Crippen molar-refractivity contribution in [3.63, 3.8) is 0 Å². The number of nitrogens with one attached hydrogen (secondary N) is 1. The molecular weight excluding hydrogens is 411 g/mol. The Hall–Kier alpha value is -3.56. The van der Waals surface area contributed by atoms with E-state index in [1.165, 1.54) is 23.4 Å². The average Bonchev–Trinajstić information content (AvgIpc) is 3.25. The third-order valence-electron chi connectivity index (χ3n) is 4.95. The highest BCUT2D eigenvalue weighted by atomic mass is 19.4. The normalized spacial score (nSPS) is 18.7. The molecule has 0 radical (unpaired) electrons. The summed E-state index contributed by atoms with van der Waals surface area (Å²) >= 11 is 0. The highest BCUT2D eigenvalue weighted by Gasteiger charge is 2.59. The molecule has 13 heteroatoms. The Balaban J connectivity index is 1.72. The van der Waals surface area contributed by atoms with Crippen molar-refractivity contribution < 1.29 is 22.0 Å². The number of nitriles is 1. The van der Waals surface area contributed by atoms with Crippen molar-refractivity contribution in [3.8, 4) is 6.07 Å². The second-order valence-electron chi connectivity index (χ2n) is 6.94. The van der Waals surface area contributed by atoms with Gasteiger partial charge in [0.15, 0.2) is 11.3 Å². The zero-order chi connectivity index (χ0) is 21.7. The van der Waals surface area contributed by atoms with Crippen molar-refractivity contribution in [1.29, 1.82) is 5.26 Å². The van der Waals surface area contributed by atoms with Crippen LogP contribution in [0.3, 0.4) is 0 Å². The van der Waals surface area contributed by atoms with Gasteiger partial charge in [-0.2, -0.15) is 28.6 Å². The molecule has 0 unspecified atom stereocenters. The highest BCUT2D eigenvalue weighted by Crippen LogP contribution is 2.49. The van der Waals surface area contributed by atoms with Crippen molar-refractivity contribution >= 4 is 17.0 Å². The minimum Gasteiger partial charge on any atom is -0.366 e. The van der Waals surface area contributed by atoms with Crippen molar-refractivity contribution in [1.82, 2.24) is 24.8 Å². The van der Waals surface area contributed by atoms with Crippen LogP contribution >= 0.6 is 0 Å². The fourth-order valence-electron chi connectivity index (χ4n) is 3.41. The number of hydrogen-bond donors (Lipinski definition) is 1. The summed E-state index contributed by atoms with van der Waals surface area (Å²) in [5.74, 6) is 0. The molecule has 156 valence electrons. The van der Waals surface area contributed by atoms with Crippen molar-refractivity contribution in [3.05, 3.63) is 41.6 Å². The van der Waals surface area contributed by atoms with Crippen LogP contribution in [0.5, 0.6) is 0 Å². The molecule has 0 saturated carbocycles. The van der Waals surface area contributed by atoms with Crippen LogP contribution in [0.1, 0.15) is 30.4 Å². The van der Waals surface area contributed by atoms with Gasteiger partial charge < -0.3 is 10.2 Å². The molecule has 0 aliphatic carbocycles. The molecule has 1 atom stereocenters. The number of anilines is 2. The lowest BCUT2D eigenvalue weighted by Crippen LogP contribution is -2.45. The van der Waals surface area contributed by atoms with Crippen molar-refractivity contribution in [2.75, 3.05) is 23.4 Å². The Kier molecular flexibility index (Phi) is 4.44. The Morgan fingerprint density at radius 2 is 2.07 bits per heavy atom. The Labute approximate surface area is 166 Å². The Bertz CT molecular complexity index is 1150. The first-order valence-corrected chi connectivity index (χ1v) is 8.60. The summed E-state index contributed by atoms with van der Waals surface area (Å²) in [5.41, 5.74) is -2.58. The number of rotatable bonds is 4. The monoisotopic (exact) mass is 424 g/mol. The highest BCUT2D eigenvalue weighted by molar-refractivity contribution is 5.64. The molecule has 30 heavy (non-hydrogen) atoms. The number of alkyl halides is 5. The first-order valence-electron chi connectivity index (χ1n) is 8.60. The molecule has 0 spiro atoms. The number of aromatic nitrogens is 5. The molecule has 0 fully saturated rings. The van der Waals surface area contributed by atoms with Crippen molar-refractivity contribution in [2.24, 2.45) is 0 Å². The molecule has 3 aromatic heterocycles. The van der Waals surface area contributed by atoms with Crippen LogP contribution in [-0.4, -0.2) is 44.2 Å². The molecule has 0 aromatic carbocycles. The smallest absolute Gasteiger partial charge is 0.366 e. The molecule has 1 N–H and O–H groups in total. The molecule has 1 aliphatic rings. The standard InChI is InChI=1S/C17H13F5N8/c1-16(17(20,21)22)7-29(8-25-10-2-11(15(18)19)27-26-5-10)12-6-24-13-3-9(4-23)28-30(13)14(12)16/h2-3,5-6,15H,7-8H2,1H3,(H,25,27)/t16-/m1/s1. The minimum absolute atomic E-state index is 0.0561. The van der Waals surface area contributed by atoms with Gasteiger partial charge in [0.2, 0.25) is 0 Å². The number of fused-ring (bicyclic) bond motifs is 3. The second-order valence-corrected chi connectivity index (χ2v) is 6.94. The number of halogens is 5. The van der Waals surface area contributed by atoms with Crippen LogP contribution in [0, 0.1) is 11.3 Å². The van der Waals surface area contributed by atoms with Crippen LogP contribution < -0.4 is 10.2 Å². The summed E-state index contributed by atoms with van der Waals surface area (Å²) < 4.78 is 68.7. The Morgan fingerprint density at radius 1 is 1.30 bits per heavy atom. The summed E-state index contributed by atoms with van der Waals surface area (Å²) in [5, 5.41) is 22.5.